The third-order valence-electron chi connectivity index (χ3n) is 14.8. The third kappa shape index (κ3) is 37.5. The lowest BCUT2D eigenvalue weighted by Crippen LogP contribution is -2.40. The van der Waals surface area contributed by atoms with Crippen molar-refractivity contribution in [2.45, 2.75) is 129 Å². The average Bonchev–Trinajstić information content (AvgIpc) is 1.70. The Balaban J connectivity index is -0.00000113. The second-order valence-electron chi connectivity index (χ2n) is 25.1. The number of esters is 2. The Labute approximate surface area is 601 Å². The summed E-state index contributed by atoms with van der Waals surface area (Å²) in [5, 5.41) is 43.7. The Morgan fingerprint density at radius 2 is 0.693 bits per heavy atom. The molecule has 10 atom stereocenters. The standard InChI is InChI=1S/C13H22N2O4.2C12H18N2O5S.C8H14N2O2.C7H16N2O2.C6H10O4.C4H4O3S.CH4/c1-8-9(2)11(17)15(10(8)16)7-6-14-12(18)19-13(3,4)5;2*1-7-8(2)12(19)14(11(7)18)4-3-13-9(15)5-20-6-10(16)17;1-5-6(2)8(12)10(4-3-9)7(5)11;1-7(2,3)11-6(10)9-5-4-8;1-3(5(7)8)4(2)6(9)10;5-3-1-8-2-4(6)7-3;/h8-9H,6-7H2,1-5H3,(H,14,18);2*7-8H,3-6H2,1-2H3,(H,13,15)(H,16,17);5-6H,3-4,9H2,1-2H3;4-5,8H2,1-3H3,(H,9,10);3-4H,1-2H3,(H,7,8)(H,9,10);1-2H2;1H4/t8-,9-;2*7-,8-;5-,6-;;3-,4-;;/m1101.1../s1. The highest BCUT2D eigenvalue weighted by Gasteiger charge is 2.45. The quantitative estimate of drug-likeness (QED) is 0.0281. The molecule has 0 saturated carbocycles. The Morgan fingerprint density at radius 1 is 0.446 bits per heavy atom. The third-order valence-corrected chi connectivity index (χ3v) is 17.6. The lowest BCUT2D eigenvalue weighted by Gasteiger charge is -2.20. The van der Waals surface area contributed by atoms with Gasteiger partial charge in [0.1, 0.15) is 11.2 Å². The van der Waals surface area contributed by atoms with Crippen molar-refractivity contribution >= 4 is 142 Å². The van der Waals surface area contributed by atoms with E-state index in [2.05, 4.69) is 26.0 Å². The van der Waals surface area contributed by atoms with Crippen LogP contribution in [0.15, 0.2) is 0 Å². The topological polar surface area (TPSA) is 529 Å². The monoisotopic (exact) mass is 1500 g/mol. The number of carbonyl (C=O) groups excluding carboxylic acids is 14. The van der Waals surface area contributed by atoms with E-state index in [-0.39, 0.29) is 176 Å². The van der Waals surface area contributed by atoms with Crippen LogP contribution in [0.25, 0.3) is 0 Å². The van der Waals surface area contributed by atoms with Gasteiger partial charge in [-0.1, -0.05) is 76.7 Å². The lowest BCUT2D eigenvalue weighted by molar-refractivity contribution is -0.157. The zero-order valence-electron chi connectivity index (χ0n) is 59.6. The maximum atomic E-state index is 11.8. The number of nitrogens with one attached hydrogen (secondary N) is 4. The molecule has 0 unspecified atom stereocenters. The molecule has 576 valence electrons. The Hall–Kier alpha value is -7.97. The fourth-order valence-electron chi connectivity index (χ4n) is 8.20. The van der Waals surface area contributed by atoms with E-state index >= 15 is 0 Å². The number of hydrogen-bond donors (Lipinski definition) is 10. The van der Waals surface area contributed by atoms with Gasteiger partial charge in [0.2, 0.25) is 59.1 Å². The molecule has 0 radical (unpaired) electrons. The van der Waals surface area contributed by atoms with Gasteiger partial charge >= 0.3 is 48.0 Å². The molecule has 0 spiro atoms. The van der Waals surface area contributed by atoms with Gasteiger partial charge in [-0.25, -0.2) is 9.59 Å². The van der Waals surface area contributed by atoms with Gasteiger partial charge in [0, 0.05) is 113 Å². The van der Waals surface area contributed by atoms with Crippen molar-refractivity contribution in [1.29, 1.82) is 0 Å². The Morgan fingerprint density at radius 3 is 0.901 bits per heavy atom. The molecule has 35 nitrogen and oxygen atoms in total. The molecule has 12 amide bonds. The summed E-state index contributed by atoms with van der Waals surface area (Å²) >= 11 is 3.28. The Bertz CT molecular complexity index is 2700. The molecule has 5 heterocycles. The van der Waals surface area contributed by atoms with Crippen LogP contribution in [0.5, 0.6) is 0 Å². The number of nitrogens with two attached hydrogens (primary N) is 2. The fraction of sp³-hybridized carbons (Fsp3) is 0.714. The summed E-state index contributed by atoms with van der Waals surface area (Å²) in [4.78, 5) is 205. The number of carboxylic acids is 4. The van der Waals surface area contributed by atoms with E-state index in [1.807, 2.05) is 20.8 Å². The number of cyclic esters (lactones) is 2. The van der Waals surface area contributed by atoms with Crippen LogP contribution in [0.4, 0.5) is 9.59 Å². The van der Waals surface area contributed by atoms with E-state index in [9.17, 15) is 86.3 Å². The molecular weight excluding hydrogens is 1390 g/mol. The highest BCUT2D eigenvalue weighted by molar-refractivity contribution is 8.01. The zero-order chi connectivity index (χ0) is 77.9. The summed E-state index contributed by atoms with van der Waals surface area (Å²) in [6.45, 7) is 30.0. The minimum atomic E-state index is -1.07. The molecule has 0 bridgehead atoms. The number of imide groups is 4. The molecule has 101 heavy (non-hydrogen) atoms. The largest absolute Gasteiger partial charge is 0.481 e. The van der Waals surface area contributed by atoms with Crippen LogP contribution in [-0.4, -0.2) is 258 Å². The van der Waals surface area contributed by atoms with Gasteiger partial charge in [0.05, 0.1) is 46.4 Å². The number of alkyl carbamates (subject to hydrolysis) is 2. The molecule has 38 heteroatoms. The van der Waals surface area contributed by atoms with Crippen LogP contribution in [0.3, 0.4) is 0 Å². The number of thioether (sulfide) groups is 3. The van der Waals surface area contributed by atoms with Crippen molar-refractivity contribution in [3.8, 4) is 0 Å². The van der Waals surface area contributed by atoms with Crippen molar-refractivity contribution < 1.29 is 121 Å². The van der Waals surface area contributed by atoms with Crippen LogP contribution >= 0.6 is 35.3 Å². The molecule has 0 aromatic rings. The van der Waals surface area contributed by atoms with E-state index in [1.54, 1.807) is 76.2 Å². The van der Waals surface area contributed by atoms with Gasteiger partial charge in [0.15, 0.2) is 0 Å². The number of likely N-dealkylation sites (tertiary alicyclic amines) is 4. The van der Waals surface area contributed by atoms with Crippen molar-refractivity contribution in [3.05, 3.63) is 0 Å². The molecule has 5 fully saturated rings. The molecule has 5 rings (SSSR count). The van der Waals surface area contributed by atoms with Crippen molar-refractivity contribution in [1.82, 2.24) is 40.9 Å². The second kappa shape index (κ2) is 48.0. The zero-order valence-corrected chi connectivity index (χ0v) is 62.1. The van der Waals surface area contributed by atoms with Gasteiger partial charge in [-0.2, -0.15) is 0 Å². The van der Waals surface area contributed by atoms with Gasteiger partial charge < -0.3 is 67.4 Å². The van der Waals surface area contributed by atoms with Crippen LogP contribution in [-0.2, 0) is 90.9 Å². The number of carboxylic acid groups (broad SMARTS) is 4. The highest BCUT2D eigenvalue weighted by Crippen LogP contribution is 2.28. The molecule has 5 aliphatic rings. The van der Waals surface area contributed by atoms with Gasteiger partial charge in [-0.15, -0.1) is 35.3 Å². The minimum absolute atomic E-state index is 0. The van der Waals surface area contributed by atoms with E-state index in [0.29, 0.717) is 37.7 Å². The van der Waals surface area contributed by atoms with Crippen molar-refractivity contribution in [3.63, 3.8) is 0 Å². The first-order chi connectivity index (χ1) is 46.1. The first-order valence-corrected chi connectivity index (χ1v) is 35.2. The lowest BCUT2D eigenvalue weighted by atomic mass is 9.97. The van der Waals surface area contributed by atoms with Gasteiger partial charge in [-0.05, 0) is 41.5 Å². The molecular formula is C63H106N10O25S3. The van der Waals surface area contributed by atoms with E-state index in [0.717, 1.165) is 23.5 Å². The summed E-state index contributed by atoms with van der Waals surface area (Å²) in [6, 6.07) is 0. The van der Waals surface area contributed by atoms with Crippen molar-refractivity contribution in [2.75, 3.05) is 100.0 Å². The van der Waals surface area contributed by atoms with Crippen molar-refractivity contribution in [2.24, 2.45) is 70.6 Å². The number of hydrogen-bond acceptors (Lipinski definition) is 26. The van der Waals surface area contributed by atoms with Crippen LogP contribution in [0.1, 0.15) is 118 Å². The normalized spacial score (nSPS) is 21.2. The van der Waals surface area contributed by atoms with Gasteiger partial charge in [-0.3, -0.25) is 96.3 Å². The molecule has 5 saturated heterocycles. The molecule has 12 N–H and O–H groups in total. The summed E-state index contributed by atoms with van der Waals surface area (Å²) < 4.78 is 14.2. The number of ether oxygens (including phenoxy) is 3. The van der Waals surface area contributed by atoms with Crippen LogP contribution in [0, 0.1) is 59.2 Å². The number of rotatable bonds is 24. The first kappa shape index (κ1) is 97.2. The second-order valence-corrected chi connectivity index (χ2v) is 28.1. The maximum Gasteiger partial charge on any atom is 0.407 e. The minimum Gasteiger partial charge on any atom is -0.481 e. The molecule has 5 aliphatic heterocycles. The van der Waals surface area contributed by atoms with Crippen LogP contribution in [0.2, 0.25) is 0 Å². The SMILES string of the molecule is C.CC(C)(C)OC(=O)NCCN.C[C@@H](C(=O)O)[C@@H](C)C(=O)O.C[C@@H]1C(=O)N(CCNC(=O)CSCC(=O)O)C(=O)[C@H]1C.C[C@H]1C(=O)N(CCN)C(=O)[C@@H]1C.C[C@H]1C(=O)N(CCNC(=O)CSCC(=O)O)C(=O)[C@@H]1C.C[C@H]1C(=O)N(CCNC(=O)OC(C)(C)C)C(=O)[C@@H]1C.O=C1CSCC(=O)O1. The molecule has 0 aromatic heterocycles. The smallest absolute Gasteiger partial charge is 0.407 e. The number of aliphatic carboxylic acids is 4. The summed E-state index contributed by atoms with van der Waals surface area (Å²) in [5.74, 6) is -10.3. The predicted molar refractivity (Wildman–Crippen MR) is 371 cm³/mol. The van der Waals surface area contributed by atoms with E-state index < -0.39 is 71.0 Å². The van der Waals surface area contributed by atoms with E-state index in [1.165, 1.54) is 45.2 Å². The summed E-state index contributed by atoms with van der Waals surface area (Å²) in [7, 11) is 0. The van der Waals surface area contributed by atoms with Gasteiger partial charge in [0.25, 0.3) is 0 Å². The summed E-state index contributed by atoms with van der Waals surface area (Å²) in [6.07, 6.45) is -0.962. The fourth-order valence-corrected chi connectivity index (χ4v) is 9.89. The predicted octanol–water partition coefficient (Wildman–Crippen LogP) is 1.20. The maximum absolute atomic E-state index is 11.8. The first-order valence-electron chi connectivity index (χ1n) is 31.8. The number of carbonyl (C=O) groups is 18. The number of amides is 12. The Kier molecular flexibility index (Phi) is 46.2. The molecule has 0 aliphatic carbocycles. The van der Waals surface area contributed by atoms with E-state index in [4.69, 9.17) is 41.4 Å². The van der Waals surface area contributed by atoms with Crippen LogP contribution < -0.4 is 32.7 Å². The highest BCUT2D eigenvalue weighted by atomic mass is 32.2. The number of nitrogens with zero attached hydrogens (tertiary/aromatic N) is 4. The summed E-state index contributed by atoms with van der Waals surface area (Å²) in [5.41, 5.74) is 9.45. The molecule has 0 aromatic carbocycles. The average molecular weight is 1500 g/mol.